The summed E-state index contributed by atoms with van der Waals surface area (Å²) in [6, 6.07) is 0.298. The van der Waals surface area contributed by atoms with Gasteiger partial charge >= 0.3 is 17.9 Å². The molecule has 3 atom stereocenters. The van der Waals surface area contributed by atoms with Crippen LogP contribution in [0.5, 0.6) is 5.95 Å². The Morgan fingerprint density at radius 1 is 1.33 bits per heavy atom. The van der Waals surface area contributed by atoms with Crippen LogP contribution in [-0.4, -0.2) is 78.0 Å². The van der Waals surface area contributed by atoms with Gasteiger partial charge in [-0.05, 0) is 12.1 Å². The summed E-state index contributed by atoms with van der Waals surface area (Å²) in [4.78, 5) is 24.6. The van der Waals surface area contributed by atoms with E-state index >= 15 is 0 Å². The molecule has 12 nitrogen and oxygen atoms in total. The van der Waals surface area contributed by atoms with Gasteiger partial charge in [0.2, 0.25) is 0 Å². The van der Waals surface area contributed by atoms with Gasteiger partial charge in [0.15, 0.2) is 11.6 Å². The van der Waals surface area contributed by atoms with Crippen LogP contribution >= 0.6 is 11.6 Å². The van der Waals surface area contributed by atoms with Gasteiger partial charge in [0.05, 0.1) is 10.6 Å². The zero-order valence-corrected chi connectivity index (χ0v) is 15.4. The number of carbonyl (C=O) groups is 2. The highest BCUT2D eigenvalue weighted by atomic mass is 35.5. The van der Waals surface area contributed by atoms with Crippen molar-refractivity contribution in [3.8, 4) is 17.2 Å². The molecule has 160 valence electrons. The molecule has 6 N–H and O–H groups in total. The first-order valence-electron chi connectivity index (χ1n) is 8.28. The van der Waals surface area contributed by atoms with Gasteiger partial charge in [-0.25, -0.2) is 9.29 Å². The molecule has 0 aliphatic carbocycles. The lowest BCUT2D eigenvalue weighted by molar-refractivity contribution is -0.406. The van der Waals surface area contributed by atoms with E-state index in [1.54, 1.807) is 0 Å². The number of carboxylic acids is 1. The number of amides is 1. The molecule has 30 heavy (non-hydrogen) atoms. The molecule has 0 saturated carbocycles. The third-order valence-corrected chi connectivity index (χ3v) is 5.17. The van der Waals surface area contributed by atoms with E-state index in [4.69, 9.17) is 16.7 Å². The molecule has 1 aromatic carbocycles. The number of aliphatic hydroxyl groups is 3. The van der Waals surface area contributed by atoms with Crippen molar-refractivity contribution in [3.63, 3.8) is 0 Å². The number of aromatic nitrogens is 1. The van der Waals surface area contributed by atoms with Crippen LogP contribution in [0.2, 0.25) is 5.02 Å². The van der Waals surface area contributed by atoms with E-state index in [0.29, 0.717) is 4.90 Å². The summed E-state index contributed by atoms with van der Waals surface area (Å²) in [6.45, 7) is -0.357. The number of hydrogen-bond donors (Lipinski definition) is 6. The fourth-order valence-corrected chi connectivity index (χ4v) is 3.73. The smallest absolute Gasteiger partial charge is 0.329 e. The Kier molecular flexibility index (Phi) is 4.50. The number of ether oxygens (including phenoxy) is 1. The first-order chi connectivity index (χ1) is 14.0. The molecule has 3 heterocycles. The van der Waals surface area contributed by atoms with Crippen molar-refractivity contribution in [1.29, 1.82) is 0 Å². The number of halogens is 2. The predicted octanol–water partition coefficient (Wildman–Crippen LogP) is -0.978. The van der Waals surface area contributed by atoms with Crippen LogP contribution in [0.3, 0.4) is 0 Å². The number of rotatable bonds is 4. The van der Waals surface area contributed by atoms with Gasteiger partial charge < -0.3 is 35.4 Å². The number of nitrogens with zero attached hydrogens (tertiary/aromatic N) is 2. The molecule has 2 fully saturated rings. The van der Waals surface area contributed by atoms with E-state index in [0.717, 1.165) is 6.07 Å². The quantitative estimate of drug-likeness (QED) is 0.318. The maximum atomic E-state index is 14.2. The Morgan fingerprint density at radius 3 is 2.67 bits per heavy atom. The van der Waals surface area contributed by atoms with Gasteiger partial charge in [0, 0.05) is 6.54 Å². The minimum Gasteiger partial charge on any atom is -0.480 e. The molecular weight excluding hydrogens is 433 g/mol. The number of hydrogen-bond acceptors (Lipinski definition) is 10. The second-order valence-corrected chi connectivity index (χ2v) is 7.05. The van der Waals surface area contributed by atoms with Gasteiger partial charge in [-0.15, -0.1) is 0 Å². The van der Waals surface area contributed by atoms with Crippen LogP contribution in [0, 0.1) is 5.82 Å². The molecule has 2 aliphatic heterocycles. The molecule has 0 spiro atoms. The summed E-state index contributed by atoms with van der Waals surface area (Å²) < 4.78 is 23.4. The largest absolute Gasteiger partial charge is 0.480 e. The first kappa shape index (κ1) is 20.5. The fourth-order valence-electron chi connectivity index (χ4n) is 3.48. The van der Waals surface area contributed by atoms with Gasteiger partial charge in [0.25, 0.3) is 11.8 Å². The van der Waals surface area contributed by atoms with Crippen molar-refractivity contribution in [2.24, 2.45) is 0 Å². The number of nitrogens with one attached hydrogen (secondary N) is 1. The lowest BCUT2D eigenvalue weighted by Crippen LogP contribution is -2.75. The van der Waals surface area contributed by atoms with E-state index in [1.165, 1.54) is 12.1 Å². The van der Waals surface area contributed by atoms with E-state index in [1.807, 2.05) is 0 Å². The molecule has 2 saturated heterocycles. The Balaban J connectivity index is 1.62. The molecule has 1 amide bonds. The van der Waals surface area contributed by atoms with Gasteiger partial charge in [-0.3, -0.25) is 14.3 Å². The topological polar surface area (TPSA) is 186 Å². The number of benzene rings is 1. The summed E-state index contributed by atoms with van der Waals surface area (Å²) in [5.74, 6) is -10.4. The van der Waals surface area contributed by atoms with E-state index in [2.05, 4.69) is 19.7 Å². The normalized spacial score (nSPS) is 27.4. The Morgan fingerprint density at radius 2 is 2.03 bits per heavy atom. The zero-order valence-electron chi connectivity index (χ0n) is 14.6. The van der Waals surface area contributed by atoms with Gasteiger partial charge in [-0.2, -0.15) is 0 Å². The third kappa shape index (κ3) is 2.83. The Bertz CT molecular complexity index is 1040. The zero-order chi connectivity index (χ0) is 22.0. The highest BCUT2D eigenvalue weighted by molar-refractivity contribution is 6.33. The van der Waals surface area contributed by atoms with Crippen LogP contribution in [0.15, 0.2) is 22.7 Å². The minimum absolute atomic E-state index is 0.125. The van der Waals surface area contributed by atoms with E-state index in [-0.39, 0.29) is 17.1 Å². The molecule has 14 heteroatoms. The molecule has 2 aromatic rings. The molecule has 0 radical (unpaired) electrons. The van der Waals surface area contributed by atoms with Crippen LogP contribution in [-0.2, 0) is 9.53 Å². The summed E-state index contributed by atoms with van der Waals surface area (Å²) in [6.07, 6.45) is 0. The molecular formula is C16H13ClFN3O9. The minimum atomic E-state index is -3.23. The predicted molar refractivity (Wildman–Crippen MR) is 91.2 cm³/mol. The van der Waals surface area contributed by atoms with Crippen molar-refractivity contribution in [2.75, 3.05) is 6.54 Å². The lowest BCUT2D eigenvalue weighted by atomic mass is 9.99. The lowest BCUT2D eigenvalue weighted by Gasteiger charge is -2.48. The fraction of sp³-hybridized carbons (Fsp3) is 0.312. The van der Waals surface area contributed by atoms with Crippen molar-refractivity contribution in [3.05, 3.63) is 34.6 Å². The second-order valence-electron chi connectivity index (χ2n) is 6.65. The molecule has 0 unspecified atom stereocenters. The molecule has 2 aliphatic rings. The molecule has 0 bridgehead atoms. The number of carboxylic acid groups (broad SMARTS) is 1. The molecule has 1 aromatic heterocycles. The number of carbonyl (C=O) groups excluding carboxylic acids is 1. The maximum absolute atomic E-state index is 14.2. The Hall–Kier alpha value is -2.81. The number of aromatic hydroxyl groups is 1. The highest BCUT2D eigenvalue weighted by Gasteiger charge is 2.72. The SMILES string of the molecule is O=C(N[C@@H]1CN2[C@@H](C(=O)O)C(O)(O)O[C@]12O)c1c(-c2c(F)cccc2Cl)noc1O. The average molecular weight is 446 g/mol. The summed E-state index contributed by atoms with van der Waals surface area (Å²) in [5, 5.41) is 54.5. The monoisotopic (exact) mass is 445 g/mol. The second kappa shape index (κ2) is 6.60. The standard InChI is InChI=1S/C16H13ClFN3O9/c17-5-2-1-3-6(18)8(5)10-9(14(25)29-20-10)12(22)19-7-4-21-11(13(23)24)16(27,28)30-15(7,21)26/h1-3,7,11,25-28H,4H2,(H,19,22)(H,23,24)/t7-,11+,15-/m1/s1. The van der Waals surface area contributed by atoms with Crippen LogP contribution in [0.4, 0.5) is 4.39 Å². The van der Waals surface area contributed by atoms with Crippen LogP contribution < -0.4 is 5.32 Å². The Labute approximate surface area is 170 Å². The third-order valence-electron chi connectivity index (χ3n) is 4.85. The van der Waals surface area contributed by atoms with Gasteiger partial charge in [0.1, 0.15) is 17.6 Å². The number of aliphatic carboxylic acids is 1. The highest BCUT2D eigenvalue weighted by Crippen LogP contribution is 2.44. The molecule has 4 rings (SSSR count). The number of fused-ring (bicyclic) bond motifs is 1. The first-order valence-corrected chi connectivity index (χ1v) is 8.66. The van der Waals surface area contributed by atoms with Crippen LogP contribution in [0.25, 0.3) is 11.3 Å². The summed E-state index contributed by atoms with van der Waals surface area (Å²) >= 11 is 5.95. The van der Waals surface area contributed by atoms with Crippen molar-refractivity contribution in [1.82, 2.24) is 15.4 Å². The summed E-state index contributed by atoms with van der Waals surface area (Å²) in [5.41, 5.74) is -1.36. The average Bonchev–Trinajstić information content (AvgIpc) is 3.07. The van der Waals surface area contributed by atoms with Crippen molar-refractivity contribution < 1.29 is 48.8 Å². The van der Waals surface area contributed by atoms with Crippen molar-refractivity contribution >= 4 is 23.5 Å². The van der Waals surface area contributed by atoms with Gasteiger partial charge in [-0.1, -0.05) is 22.8 Å². The van der Waals surface area contributed by atoms with Crippen LogP contribution in [0.1, 0.15) is 10.4 Å². The van der Waals surface area contributed by atoms with E-state index < -0.39 is 58.9 Å². The van der Waals surface area contributed by atoms with Crippen molar-refractivity contribution in [2.45, 2.75) is 24.0 Å². The van der Waals surface area contributed by atoms with E-state index in [9.17, 15) is 34.4 Å². The summed E-state index contributed by atoms with van der Waals surface area (Å²) in [7, 11) is 0. The maximum Gasteiger partial charge on any atom is 0.329 e.